The number of carboxylic acid groups (broad SMARTS) is 1. The van der Waals surface area contributed by atoms with Crippen LogP contribution in [-0.4, -0.2) is 22.0 Å². The maximum absolute atomic E-state index is 11.7. The van der Waals surface area contributed by atoms with E-state index in [9.17, 15) is 9.59 Å². The molecule has 0 fully saturated rings. The van der Waals surface area contributed by atoms with Gasteiger partial charge < -0.3 is 5.11 Å². The number of thiazole rings is 1. The summed E-state index contributed by atoms with van der Waals surface area (Å²) in [6.45, 7) is 0. The van der Waals surface area contributed by atoms with Gasteiger partial charge in [0.05, 0.1) is 5.69 Å². The molecule has 0 aliphatic heterocycles. The highest BCUT2D eigenvalue weighted by atomic mass is 32.1. The zero-order valence-corrected chi connectivity index (χ0v) is 14.2. The third-order valence-corrected chi connectivity index (χ3v) is 5.03. The monoisotopic (exact) mass is 336 g/mol. The summed E-state index contributed by atoms with van der Waals surface area (Å²) in [7, 11) is 0. The minimum Gasteiger partial charge on any atom is -0.478 e. The number of carbonyl (C=O) groups excluding carboxylic acids is 1. The van der Waals surface area contributed by atoms with Crippen LogP contribution in [0.3, 0.4) is 0 Å². The lowest BCUT2D eigenvalue weighted by molar-refractivity contribution is -0.131. The summed E-state index contributed by atoms with van der Waals surface area (Å²) in [5.74, 6) is -1.58. The molecule has 1 heterocycles. The SMILES string of the molecule is O=C(O)/C=C/C(=O)Nc1nc2c(s1)CCCCCCCCCC2. The van der Waals surface area contributed by atoms with Crippen LogP contribution in [-0.2, 0) is 22.4 Å². The molecule has 0 spiro atoms. The highest BCUT2D eigenvalue weighted by Crippen LogP contribution is 2.27. The van der Waals surface area contributed by atoms with Crippen molar-refractivity contribution in [2.24, 2.45) is 0 Å². The maximum Gasteiger partial charge on any atom is 0.328 e. The molecule has 6 heteroatoms. The number of rotatable bonds is 3. The summed E-state index contributed by atoms with van der Waals surface area (Å²) in [6.07, 6.45) is 13.9. The zero-order valence-electron chi connectivity index (χ0n) is 13.3. The van der Waals surface area contributed by atoms with Gasteiger partial charge in [0.25, 0.3) is 0 Å². The Balaban J connectivity index is 2.01. The Morgan fingerprint density at radius 1 is 0.957 bits per heavy atom. The fraction of sp³-hybridized carbons (Fsp3) is 0.588. The van der Waals surface area contributed by atoms with Crippen molar-refractivity contribution in [3.8, 4) is 0 Å². The first kappa shape index (κ1) is 17.7. The van der Waals surface area contributed by atoms with E-state index in [1.807, 2.05) is 0 Å². The van der Waals surface area contributed by atoms with Crippen molar-refractivity contribution in [1.29, 1.82) is 0 Å². The first-order valence-electron chi connectivity index (χ1n) is 8.36. The summed E-state index contributed by atoms with van der Waals surface area (Å²) >= 11 is 1.52. The standard InChI is InChI=1S/C17H24N2O3S/c20-15(11-12-16(21)22)19-17-18-13-9-7-5-3-1-2-4-6-8-10-14(13)23-17/h11-12H,1-10H2,(H,21,22)(H,18,19,20)/b12-11+. The molecule has 1 aliphatic carbocycles. The minimum absolute atomic E-state index is 0.447. The number of aromatic nitrogens is 1. The summed E-state index contributed by atoms with van der Waals surface area (Å²) in [5.41, 5.74) is 1.10. The summed E-state index contributed by atoms with van der Waals surface area (Å²) in [4.78, 5) is 27.9. The van der Waals surface area contributed by atoms with Gasteiger partial charge in [-0.15, -0.1) is 11.3 Å². The van der Waals surface area contributed by atoms with Crippen molar-refractivity contribution in [2.45, 2.75) is 64.2 Å². The third-order valence-electron chi connectivity index (χ3n) is 3.95. The van der Waals surface area contributed by atoms with Crippen molar-refractivity contribution in [1.82, 2.24) is 4.98 Å². The van der Waals surface area contributed by atoms with Gasteiger partial charge in [0.15, 0.2) is 5.13 Å². The lowest BCUT2D eigenvalue weighted by Crippen LogP contribution is -2.08. The predicted molar refractivity (Wildman–Crippen MR) is 91.9 cm³/mol. The van der Waals surface area contributed by atoms with E-state index in [0.29, 0.717) is 5.13 Å². The van der Waals surface area contributed by atoms with E-state index in [4.69, 9.17) is 5.11 Å². The number of aryl methyl sites for hydroxylation is 2. The van der Waals surface area contributed by atoms with Crippen molar-refractivity contribution in [3.05, 3.63) is 22.7 Å². The molecule has 2 rings (SSSR count). The molecule has 0 atom stereocenters. The van der Waals surface area contributed by atoms with Crippen LogP contribution < -0.4 is 5.32 Å². The molecule has 1 aromatic rings. The molecular weight excluding hydrogens is 312 g/mol. The summed E-state index contributed by atoms with van der Waals surface area (Å²) < 4.78 is 0. The summed E-state index contributed by atoms with van der Waals surface area (Å²) in [5, 5.41) is 11.8. The van der Waals surface area contributed by atoms with Crippen LogP contribution >= 0.6 is 11.3 Å². The van der Waals surface area contributed by atoms with Crippen molar-refractivity contribution in [3.63, 3.8) is 0 Å². The number of hydrogen-bond acceptors (Lipinski definition) is 4. The molecule has 0 aromatic carbocycles. The molecular formula is C17H24N2O3S. The number of carboxylic acids is 1. The number of carbonyl (C=O) groups is 2. The number of hydrogen-bond donors (Lipinski definition) is 2. The van der Waals surface area contributed by atoms with Crippen LogP contribution in [0.2, 0.25) is 0 Å². The van der Waals surface area contributed by atoms with Gasteiger partial charge in [0, 0.05) is 17.0 Å². The molecule has 5 nitrogen and oxygen atoms in total. The van der Waals surface area contributed by atoms with E-state index in [2.05, 4.69) is 10.3 Å². The van der Waals surface area contributed by atoms with Gasteiger partial charge in [-0.25, -0.2) is 9.78 Å². The normalized spacial score (nSPS) is 17.0. The minimum atomic E-state index is -1.13. The van der Waals surface area contributed by atoms with Gasteiger partial charge in [-0.05, 0) is 25.7 Å². The zero-order chi connectivity index (χ0) is 16.5. The summed E-state index contributed by atoms with van der Waals surface area (Å²) in [6, 6.07) is 0. The molecule has 23 heavy (non-hydrogen) atoms. The molecule has 0 bridgehead atoms. The number of amides is 1. The smallest absolute Gasteiger partial charge is 0.328 e. The van der Waals surface area contributed by atoms with Gasteiger partial charge in [-0.3, -0.25) is 10.1 Å². The molecule has 1 aliphatic rings. The van der Waals surface area contributed by atoms with E-state index in [-0.39, 0.29) is 0 Å². The van der Waals surface area contributed by atoms with Crippen molar-refractivity contribution < 1.29 is 14.7 Å². The first-order chi connectivity index (χ1) is 11.1. The lowest BCUT2D eigenvalue weighted by Gasteiger charge is -2.06. The largest absolute Gasteiger partial charge is 0.478 e. The second-order valence-corrected chi connectivity index (χ2v) is 6.96. The highest BCUT2D eigenvalue weighted by Gasteiger charge is 2.13. The highest BCUT2D eigenvalue weighted by molar-refractivity contribution is 7.15. The first-order valence-corrected chi connectivity index (χ1v) is 9.17. The molecule has 126 valence electrons. The van der Waals surface area contributed by atoms with E-state index in [1.54, 1.807) is 0 Å². The second kappa shape index (κ2) is 9.45. The molecule has 0 saturated heterocycles. The molecule has 0 saturated carbocycles. The fourth-order valence-corrected chi connectivity index (χ4v) is 3.81. The molecule has 1 aromatic heterocycles. The number of fused-ring (bicyclic) bond motifs is 1. The molecule has 1 amide bonds. The van der Waals surface area contributed by atoms with E-state index in [0.717, 1.165) is 37.1 Å². The Bertz CT molecular complexity index is 537. The van der Waals surface area contributed by atoms with Crippen molar-refractivity contribution >= 4 is 28.3 Å². The van der Waals surface area contributed by atoms with Crippen molar-refractivity contribution in [2.75, 3.05) is 5.32 Å². The third kappa shape index (κ3) is 6.52. The van der Waals surface area contributed by atoms with Gasteiger partial charge >= 0.3 is 5.97 Å². The van der Waals surface area contributed by atoms with Crippen LogP contribution in [0.25, 0.3) is 0 Å². The van der Waals surface area contributed by atoms with Gasteiger partial charge in [-0.2, -0.15) is 0 Å². The van der Waals surface area contributed by atoms with Crippen LogP contribution in [0, 0.1) is 0 Å². The predicted octanol–water partition coefficient (Wildman–Crippen LogP) is 3.94. The molecule has 2 N–H and O–H groups in total. The lowest BCUT2D eigenvalue weighted by atomic mass is 10.0. The average Bonchev–Trinajstić information content (AvgIpc) is 2.87. The van der Waals surface area contributed by atoms with Crippen LogP contribution in [0.5, 0.6) is 0 Å². The Labute approximate surface area is 140 Å². The van der Waals surface area contributed by atoms with Gasteiger partial charge in [0.1, 0.15) is 0 Å². The number of nitrogens with one attached hydrogen (secondary N) is 1. The number of aliphatic carboxylic acids is 1. The number of anilines is 1. The van der Waals surface area contributed by atoms with Gasteiger partial charge in [-0.1, -0.05) is 38.5 Å². The Morgan fingerprint density at radius 3 is 2.22 bits per heavy atom. The Hall–Kier alpha value is -1.69. The van der Waals surface area contributed by atoms with Crippen LogP contribution in [0.1, 0.15) is 61.9 Å². The Morgan fingerprint density at radius 2 is 1.57 bits per heavy atom. The van der Waals surface area contributed by atoms with Crippen LogP contribution in [0.15, 0.2) is 12.2 Å². The van der Waals surface area contributed by atoms with E-state index in [1.165, 1.54) is 61.2 Å². The van der Waals surface area contributed by atoms with Crippen LogP contribution in [0.4, 0.5) is 5.13 Å². The number of nitrogens with zero attached hydrogens (tertiary/aromatic N) is 1. The second-order valence-electron chi connectivity index (χ2n) is 5.88. The van der Waals surface area contributed by atoms with E-state index >= 15 is 0 Å². The topological polar surface area (TPSA) is 79.3 Å². The average molecular weight is 336 g/mol. The fourth-order valence-electron chi connectivity index (χ4n) is 2.76. The maximum atomic E-state index is 11.7. The Kier molecular flexibility index (Phi) is 7.26. The van der Waals surface area contributed by atoms with Gasteiger partial charge in [0.2, 0.25) is 5.91 Å². The molecule has 0 unspecified atom stereocenters. The quantitative estimate of drug-likeness (QED) is 0.819. The molecule has 0 radical (unpaired) electrons. The van der Waals surface area contributed by atoms with E-state index < -0.39 is 11.9 Å².